The molecule has 0 bridgehead atoms. The van der Waals surface area contributed by atoms with E-state index in [-0.39, 0.29) is 11.9 Å². The van der Waals surface area contributed by atoms with Crippen molar-refractivity contribution in [3.8, 4) is 16.9 Å². The van der Waals surface area contributed by atoms with Gasteiger partial charge in [0, 0.05) is 25.3 Å². The van der Waals surface area contributed by atoms with Crippen molar-refractivity contribution in [1.82, 2.24) is 4.90 Å². The largest absolute Gasteiger partial charge is 0.497 e. The number of methoxy groups -OCH3 is 1. The van der Waals surface area contributed by atoms with Crippen LogP contribution >= 0.6 is 0 Å². The van der Waals surface area contributed by atoms with Crippen LogP contribution in [-0.4, -0.2) is 37.0 Å². The number of hydrogen-bond donors (Lipinski definition) is 0. The van der Waals surface area contributed by atoms with Crippen molar-refractivity contribution in [2.45, 2.75) is 19.5 Å². The summed E-state index contributed by atoms with van der Waals surface area (Å²) in [7, 11) is 1.67. The van der Waals surface area contributed by atoms with Crippen LogP contribution in [0.5, 0.6) is 5.75 Å². The SMILES string of the molecule is COc1cccc(CN2CCN(c3ccc(-c4ccccc4)cc3)C(=O)C2C)c1. The number of amides is 1. The van der Waals surface area contributed by atoms with E-state index in [1.165, 1.54) is 5.56 Å². The van der Waals surface area contributed by atoms with Crippen molar-refractivity contribution in [3.63, 3.8) is 0 Å². The number of nitrogens with zero attached hydrogens (tertiary/aromatic N) is 2. The summed E-state index contributed by atoms with van der Waals surface area (Å²) in [5.74, 6) is 0.991. The van der Waals surface area contributed by atoms with E-state index in [1.54, 1.807) is 7.11 Å². The molecule has 1 aliphatic rings. The first-order valence-corrected chi connectivity index (χ1v) is 9.99. The van der Waals surface area contributed by atoms with Gasteiger partial charge in [0.2, 0.25) is 5.91 Å². The molecule has 1 heterocycles. The van der Waals surface area contributed by atoms with Gasteiger partial charge in [0.05, 0.1) is 13.2 Å². The Morgan fingerprint density at radius 1 is 0.897 bits per heavy atom. The van der Waals surface area contributed by atoms with E-state index in [9.17, 15) is 4.79 Å². The molecule has 1 aliphatic heterocycles. The topological polar surface area (TPSA) is 32.8 Å². The van der Waals surface area contributed by atoms with E-state index in [4.69, 9.17) is 4.74 Å². The first kappa shape index (κ1) is 19.2. The third kappa shape index (κ3) is 4.17. The van der Waals surface area contributed by atoms with Crippen LogP contribution in [0.4, 0.5) is 5.69 Å². The Morgan fingerprint density at radius 3 is 2.34 bits per heavy atom. The van der Waals surface area contributed by atoms with Gasteiger partial charge in [0.1, 0.15) is 5.75 Å². The van der Waals surface area contributed by atoms with Gasteiger partial charge in [0.25, 0.3) is 0 Å². The van der Waals surface area contributed by atoms with E-state index in [0.717, 1.165) is 35.7 Å². The molecule has 3 aromatic rings. The van der Waals surface area contributed by atoms with Crippen molar-refractivity contribution in [2.24, 2.45) is 0 Å². The number of benzene rings is 3. The molecular formula is C25H26N2O2. The first-order chi connectivity index (χ1) is 14.2. The summed E-state index contributed by atoms with van der Waals surface area (Å²) in [6.07, 6.45) is 0. The minimum atomic E-state index is -0.163. The minimum absolute atomic E-state index is 0.145. The molecule has 1 saturated heterocycles. The second-order valence-electron chi connectivity index (χ2n) is 7.40. The predicted octanol–water partition coefficient (Wildman–Crippen LogP) is 4.60. The number of rotatable bonds is 5. The van der Waals surface area contributed by atoms with Crippen LogP contribution in [0.3, 0.4) is 0 Å². The van der Waals surface area contributed by atoms with Crippen LogP contribution in [0, 0.1) is 0 Å². The van der Waals surface area contributed by atoms with Gasteiger partial charge in [-0.25, -0.2) is 0 Å². The Kier molecular flexibility index (Phi) is 5.63. The molecule has 0 N–H and O–H groups in total. The minimum Gasteiger partial charge on any atom is -0.497 e. The van der Waals surface area contributed by atoms with E-state index in [2.05, 4.69) is 35.2 Å². The maximum Gasteiger partial charge on any atom is 0.244 e. The smallest absolute Gasteiger partial charge is 0.244 e. The van der Waals surface area contributed by atoms with Crippen LogP contribution in [0.2, 0.25) is 0 Å². The van der Waals surface area contributed by atoms with Gasteiger partial charge in [-0.2, -0.15) is 0 Å². The Bertz CT molecular complexity index is 970. The first-order valence-electron chi connectivity index (χ1n) is 9.99. The highest BCUT2D eigenvalue weighted by Crippen LogP contribution is 2.26. The fraction of sp³-hybridized carbons (Fsp3) is 0.240. The average molecular weight is 386 g/mol. The molecule has 4 rings (SSSR count). The maximum atomic E-state index is 13.1. The van der Waals surface area contributed by atoms with Crippen molar-refractivity contribution in [2.75, 3.05) is 25.1 Å². The molecule has 3 aromatic carbocycles. The maximum absolute atomic E-state index is 13.1. The predicted molar refractivity (Wildman–Crippen MR) is 117 cm³/mol. The molecule has 1 fully saturated rings. The number of anilines is 1. The summed E-state index contributed by atoms with van der Waals surface area (Å²) in [6, 6.07) is 26.4. The summed E-state index contributed by atoms with van der Waals surface area (Å²) in [5.41, 5.74) is 4.46. The lowest BCUT2D eigenvalue weighted by molar-refractivity contribution is -0.125. The summed E-state index contributed by atoms with van der Waals surface area (Å²) >= 11 is 0. The second kappa shape index (κ2) is 8.50. The number of ether oxygens (including phenoxy) is 1. The summed E-state index contributed by atoms with van der Waals surface area (Å²) in [6.45, 7) is 4.26. The molecule has 4 heteroatoms. The molecule has 1 amide bonds. The molecule has 0 radical (unpaired) electrons. The van der Waals surface area contributed by atoms with Gasteiger partial charge < -0.3 is 9.64 Å². The van der Waals surface area contributed by atoms with Crippen molar-refractivity contribution < 1.29 is 9.53 Å². The van der Waals surface area contributed by atoms with Crippen molar-refractivity contribution in [1.29, 1.82) is 0 Å². The van der Waals surface area contributed by atoms with Gasteiger partial charge in [-0.1, -0.05) is 54.6 Å². The zero-order valence-corrected chi connectivity index (χ0v) is 16.9. The molecular weight excluding hydrogens is 360 g/mol. The quantitative estimate of drug-likeness (QED) is 0.642. The number of hydrogen-bond acceptors (Lipinski definition) is 3. The third-order valence-electron chi connectivity index (χ3n) is 5.59. The van der Waals surface area contributed by atoms with Gasteiger partial charge in [-0.15, -0.1) is 0 Å². The fourth-order valence-electron chi connectivity index (χ4n) is 3.86. The van der Waals surface area contributed by atoms with Gasteiger partial charge in [-0.05, 0) is 47.9 Å². The van der Waals surface area contributed by atoms with Crippen molar-refractivity contribution >= 4 is 11.6 Å². The molecule has 4 nitrogen and oxygen atoms in total. The summed E-state index contributed by atoms with van der Waals surface area (Å²) in [4.78, 5) is 17.2. The molecule has 0 aliphatic carbocycles. The van der Waals surface area contributed by atoms with E-state index in [1.807, 2.05) is 60.4 Å². The fourth-order valence-corrected chi connectivity index (χ4v) is 3.86. The number of piperazine rings is 1. The van der Waals surface area contributed by atoms with Crippen LogP contribution in [0.15, 0.2) is 78.9 Å². The lowest BCUT2D eigenvalue weighted by atomic mass is 10.0. The molecule has 1 atom stereocenters. The highest BCUT2D eigenvalue weighted by Gasteiger charge is 2.32. The van der Waals surface area contributed by atoms with Gasteiger partial charge >= 0.3 is 0 Å². The van der Waals surface area contributed by atoms with Crippen LogP contribution in [0.1, 0.15) is 12.5 Å². The molecule has 29 heavy (non-hydrogen) atoms. The van der Waals surface area contributed by atoms with E-state index in [0.29, 0.717) is 6.54 Å². The third-order valence-corrected chi connectivity index (χ3v) is 5.59. The Labute approximate surface area is 172 Å². The molecule has 148 valence electrons. The van der Waals surface area contributed by atoms with Crippen molar-refractivity contribution in [3.05, 3.63) is 84.4 Å². The number of carbonyl (C=O) groups excluding carboxylic acids is 1. The highest BCUT2D eigenvalue weighted by molar-refractivity contribution is 5.97. The lowest BCUT2D eigenvalue weighted by Gasteiger charge is -2.39. The zero-order valence-electron chi connectivity index (χ0n) is 16.9. The van der Waals surface area contributed by atoms with Crippen LogP contribution in [0.25, 0.3) is 11.1 Å². The number of carbonyl (C=O) groups is 1. The summed E-state index contributed by atoms with van der Waals surface area (Å²) in [5, 5.41) is 0. The molecule has 0 saturated carbocycles. The second-order valence-corrected chi connectivity index (χ2v) is 7.40. The van der Waals surface area contributed by atoms with E-state index < -0.39 is 0 Å². The van der Waals surface area contributed by atoms with Gasteiger partial charge in [-0.3, -0.25) is 9.69 Å². The van der Waals surface area contributed by atoms with Crippen LogP contribution < -0.4 is 9.64 Å². The summed E-state index contributed by atoms with van der Waals surface area (Å²) < 4.78 is 5.31. The normalized spacial score (nSPS) is 17.4. The Hall–Kier alpha value is -3.11. The van der Waals surface area contributed by atoms with E-state index >= 15 is 0 Å². The molecule has 0 spiro atoms. The average Bonchev–Trinajstić information content (AvgIpc) is 2.78. The molecule has 1 unspecified atom stereocenters. The van der Waals surface area contributed by atoms with Crippen LogP contribution in [-0.2, 0) is 11.3 Å². The monoisotopic (exact) mass is 386 g/mol. The zero-order chi connectivity index (χ0) is 20.2. The van der Waals surface area contributed by atoms with Gasteiger partial charge in [0.15, 0.2) is 0 Å². The highest BCUT2D eigenvalue weighted by atomic mass is 16.5. The molecule has 0 aromatic heterocycles. The Morgan fingerprint density at radius 2 is 1.62 bits per heavy atom. The Balaban J connectivity index is 1.45. The lowest BCUT2D eigenvalue weighted by Crippen LogP contribution is -2.55. The standard InChI is InChI=1S/C25H26N2O2/c1-19-25(28)27(16-15-26(19)18-20-7-6-10-24(17-20)29-2)23-13-11-22(12-14-23)21-8-4-3-5-9-21/h3-14,17,19H,15-16,18H2,1-2H3.